The second-order valence-electron chi connectivity index (χ2n) is 6.35. The molecule has 25 heavy (non-hydrogen) atoms. The molecule has 0 spiro atoms. The number of aromatic nitrogens is 1. The van der Waals surface area contributed by atoms with Crippen LogP contribution in [0.1, 0.15) is 28.3 Å². The number of aliphatic carboxylic acids is 1. The first-order valence-corrected chi connectivity index (χ1v) is 9.92. The number of carboxylic acids is 1. The zero-order valence-corrected chi connectivity index (χ0v) is 15.4. The summed E-state index contributed by atoms with van der Waals surface area (Å²) in [5.74, 6) is -1.08. The number of hydrogen-bond donors (Lipinski definition) is 1. The summed E-state index contributed by atoms with van der Waals surface area (Å²) in [5, 5.41) is 12.1. The van der Waals surface area contributed by atoms with E-state index in [-0.39, 0.29) is 5.91 Å². The van der Waals surface area contributed by atoms with Crippen molar-refractivity contribution >= 4 is 34.6 Å². The van der Waals surface area contributed by atoms with Crippen molar-refractivity contribution in [2.45, 2.75) is 44.9 Å². The molecule has 0 bridgehead atoms. The zero-order valence-electron chi connectivity index (χ0n) is 13.7. The number of carbonyl (C=O) groups is 2. The maximum absolute atomic E-state index is 12.7. The SMILES string of the molecule is Cc1nc(-c2cc3c(s2)CCN(C(=O)[C@@H]2CC[C@H](C(=O)O)O2)C3)cs1. The molecule has 2 aromatic rings. The van der Waals surface area contributed by atoms with Crippen molar-refractivity contribution in [1.82, 2.24) is 9.88 Å². The number of aryl methyl sites for hydroxylation is 1. The third kappa shape index (κ3) is 3.21. The van der Waals surface area contributed by atoms with Gasteiger partial charge in [-0.2, -0.15) is 0 Å². The molecule has 4 heterocycles. The molecule has 0 aromatic carbocycles. The fraction of sp³-hybridized carbons (Fsp3) is 0.471. The number of carbonyl (C=O) groups excluding carboxylic acids is 1. The molecule has 0 radical (unpaired) electrons. The predicted molar refractivity (Wildman–Crippen MR) is 94.8 cm³/mol. The number of thiophene rings is 1. The molecule has 132 valence electrons. The Labute approximate surface area is 153 Å². The van der Waals surface area contributed by atoms with E-state index in [1.165, 1.54) is 4.88 Å². The van der Waals surface area contributed by atoms with Crippen LogP contribution in [0.15, 0.2) is 11.4 Å². The van der Waals surface area contributed by atoms with Gasteiger partial charge in [0, 0.05) is 23.3 Å². The standard InChI is InChI=1S/C17H18N2O4S2/c1-9-18-11(8-24-9)15-6-10-7-19(5-4-14(10)25-15)16(20)12-2-3-13(23-12)17(21)22/h6,8,12-13H,2-5,7H2,1H3,(H,21,22)/t12-,13+/m0/s1. The number of amides is 1. The van der Waals surface area contributed by atoms with E-state index >= 15 is 0 Å². The third-order valence-electron chi connectivity index (χ3n) is 4.62. The van der Waals surface area contributed by atoms with Crippen molar-refractivity contribution in [3.8, 4) is 10.6 Å². The topological polar surface area (TPSA) is 79.7 Å². The van der Waals surface area contributed by atoms with E-state index in [0.29, 0.717) is 25.9 Å². The molecule has 2 aromatic heterocycles. The molecule has 0 aliphatic carbocycles. The number of fused-ring (bicyclic) bond motifs is 1. The molecule has 2 aliphatic rings. The lowest BCUT2D eigenvalue weighted by Gasteiger charge is -2.29. The highest BCUT2D eigenvalue weighted by Crippen LogP contribution is 2.35. The van der Waals surface area contributed by atoms with Crippen molar-refractivity contribution in [2.75, 3.05) is 6.54 Å². The Kier molecular flexibility index (Phi) is 4.35. The van der Waals surface area contributed by atoms with E-state index < -0.39 is 18.2 Å². The van der Waals surface area contributed by atoms with Crippen molar-refractivity contribution in [1.29, 1.82) is 0 Å². The quantitative estimate of drug-likeness (QED) is 0.888. The van der Waals surface area contributed by atoms with Gasteiger partial charge in [0.15, 0.2) is 6.10 Å². The largest absolute Gasteiger partial charge is 0.479 e. The number of carboxylic acid groups (broad SMARTS) is 1. The summed E-state index contributed by atoms with van der Waals surface area (Å²) in [6.45, 7) is 3.21. The van der Waals surface area contributed by atoms with Crippen LogP contribution in [0.5, 0.6) is 0 Å². The number of hydrogen-bond acceptors (Lipinski definition) is 6. The number of ether oxygens (including phenoxy) is 1. The highest BCUT2D eigenvalue weighted by Gasteiger charge is 2.37. The molecule has 8 heteroatoms. The van der Waals surface area contributed by atoms with Gasteiger partial charge in [-0.15, -0.1) is 22.7 Å². The summed E-state index contributed by atoms with van der Waals surface area (Å²) < 4.78 is 5.41. The maximum atomic E-state index is 12.7. The summed E-state index contributed by atoms with van der Waals surface area (Å²) in [6.07, 6.45) is 0.226. The fourth-order valence-electron chi connectivity index (χ4n) is 3.33. The molecule has 2 atom stereocenters. The average molecular weight is 378 g/mol. The molecular formula is C17H18N2O4S2. The molecule has 0 unspecified atom stereocenters. The van der Waals surface area contributed by atoms with Crippen LogP contribution in [0.4, 0.5) is 0 Å². The Morgan fingerprint density at radius 3 is 2.84 bits per heavy atom. The Hall–Kier alpha value is -1.77. The van der Waals surface area contributed by atoms with Gasteiger partial charge in [-0.25, -0.2) is 9.78 Å². The molecule has 1 amide bonds. The van der Waals surface area contributed by atoms with Gasteiger partial charge in [0.2, 0.25) is 0 Å². The van der Waals surface area contributed by atoms with E-state index in [1.54, 1.807) is 27.6 Å². The van der Waals surface area contributed by atoms with E-state index in [4.69, 9.17) is 9.84 Å². The van der Waals surface area contributed by atoms with Crippen LogP contribution in [0.3, 0.4) is 0 Å². The van der Waals surface area contributed by atoms with Crippen LogP contribution in [0.25, 0.3) is 10.6 Å². The second kappa shape index (κ2) is 6.51. The van der Waals surface area contributed by atoms with Gasteiger partial charge in [0.1, 0.15) is 6.10 Å². The van der Waals surface area contributed by atoms with Gasteiger partial charge in [-0.3, -0.25) is 4.79 Å². The van der Waals surface area contributed by atoms with Crippen LogP contribution >= 0.6 is 22.7 Å². The molecule has 1 saturated heterocycles. The first-order chi connectivity index (χ1) is 12.0. The molecular weight excluding hydrogens is 360 g/mol. The fourth-order valence-corrected chi connectivity index (χ4v) is 5.14. The van der Waals surface area contributed by atoms with Crippen LogP contribution in [0, 0.1) is 6.92 Å². The Morgan fingerprint density at radius 2 is 2.16 bits per heavy atom. The minimum Gasteiger partial charge on any atom is -0.479 e. The minimum absolute atomic E-state index is 0.0911. The molecule has 6 nitrogen and oxygen atoms in total. The number of thiazole rings is 1. The lowest BCUT2D eigenvalue weighted by atomic mass is 10.1. The van der Waals surface area contributed by atoms with Gasteiger partial charge < -0.3 is 14.7 Å². The third-order valence-corrected chi connectivity index (χ3v) is 6.65. The molecule has 0 saturated carbocycles. The van der Waals surface area contributed by atoms with Crippen LogP contribution in [-0.2, 0) is 27.3 Å². The number of nitrogens with zero attached hydrogens (tertiary/aromatic N) is 2. The van der Waals surface area contributed by atoms with Gasteiger partial charge in [0.05, 0.1) is 15.6 Å². The summed E-state index contributed by atoms with van der Waals surface area (Å²) in [5.41, 5.74) is 2.17. The number of rotatable bonds is 3. The summed E-state index contributed by atoms with van der Waals surface area (Å²) in [7, 11) is 0. The maximum Gasteiger partial charge on any atom is 0.332 e. The summed E-state index contributed by atoms with van der Waals surface area (Å²) in [4.78, 5) is 32.4. The van der Waals surface area contributed by atoms with Crippen molar-refractivity contribution < 1.29 is 19.4 Å². The Morgan fingerprint density at radius 1 is 1.36 bits per heavy atom. The lowest BCUT2D eigenvalue weighted by Crippen LogP contribution is -2.42. The molecule has 1 fully saturated rings. The van der Waals surface area contributed by atoms with Crippen LogP contribution in [0.2, 0.25) is 0 Å². The first kappa shape index (κ1) is 16.7. The highest BCUT2D eigenvalue weighted by molar-refractivity contribution is 7.16. The van der Waals surface area contributed by atoms with Crippen molar-refractivity contribution in [3.63, 3.8) is 0 Å². The smallest absolute Gasteiger partial charge is 0.332 e. The van der Waals surface area contributed by atoms with Gasteiger partial charge in [0.25, 0.3) is 5.91 Å². The summed E-state index contributed by atoms with van der Waals surface area (Å²) >= 11 is 3.39. The van der Waals surface area contributed by atoms with E-state index in [2.05, 4.69) is 16.4 Å². The highest BCUT2D eigenvalue weighted by atomic mass is 32.1. The lowest BCUT2D eigenvalue weighted by molar-refractivity contribution is -0.155. The van der Waals surface area contributed by atoms with Crippen molar-refractivity contribution in [3.05, 3.63) is 26.9 Å². The van der Waals surface area contributed by atoms with Crippen LogP contribution in [-0.4, -0.2) is 45.6 Å². The molecule has 4 rings (SSSR count). The first-order valence-electron chi connectivity index (χ1n) is 8.22. The van der Waals surface area contributed by atoms with Gasteiger partial charge in [-0.05, 0) is 37.8 Å². The van der Waals surface area contributed by atoms with E-state index in [1.807, 2.05) is 6.92 Å². The second-order valence-corrected chi connectivity index (χ2v) is 8.55. The monoisotopic (exact) mass is 378 g/mol. The van der Waals surface area contributed by atoms with Crippen LogP contribution < -0.4 is 0 Å². The van der Waals surface area contributed by atoms with Crippen molar-refractivity contribution in [2.24, 2.45) is 0 Å². The normalized spacial score (nSPS) is 22.8. The molecule has 1 N–H and O–H groups in total. The Bertz CT molecular complexity index is 828. The zero-order chi connectivity index (χ0) is 17.6. The molecule has 2 aliphatic heterocycles. The summed E-state index contributed by atoms with van der Waals surface area (Å²) in [6, 6.07) is 2.13. The minimum atomic E-state index is -0.989. The predicted octanol–water partition coefficient (Wildman–Crippen LogP) is 2.70. The van der Waals surface area contributed by atoms with Gasteiger partial charge in [-0.1, -0.05) is 0 Å². The van der Waals surface area contributed by atoms with E-state index in [0.717, 1.165) is 27.6 Å². The van der Waals surface area contributed by atoms with E-state index in [9.17, 15) is 9.59 Å². The van der Waals surface area contributed by atoms with Gasteiger partial charge >= 0.3 is 5.97 Å². The average Bonchev–Trinajstić information content (AvgIpc) is 3.31. The Balaban J connectivity index is 1.47.